The first-order valence-electron chi connectivity index (χ1n) is 7.15. The Morgan fingerprint density at radius 1 is 1.29 bits per heavy atom. The van der Waals surface area contributed by atoms with E-state index in [-0.39, 0.29) is 31.1 Å². The summed E-state index contributed by atoms with van der Waals surface area (Å²) in [5, 5.41) is 12.9. The number of aliphatic hydroxyl groups excluding tert-OH is 1. The van der Waals surface area contributed by atoms with Crippen molar-refractivity contribution in [2.24, 2.45) is 5.92 Å². The van der Waals surface area contributed by atoms with Gasteiger partial charge in [0.2, 0.25) is 0 Å². The second-order valence-corrected chi connectivity index (χ2v) is 6.08. The summed E-state index contributed by atoms with van der Waals surface area (Å²) < 4.78 is 95.2. The van der Waals surface area contributed by atoms with Crippen LogP contribution in [0.15, 0.2) is 0 Å². The molecule has 0 radical (unpaired) electrons. The summed E-state index contributed by atoms with van der Waals surface area (Å²) >= 11 is 0. The van der Waals surface area contributed by atoms with E-state index in [0.717, 1.165) is 4.68 Å². The van der Waals surface area contributed by atoms with Gasteiger partial charge in [0.1, 0.15) is 6.10 Å². The van der Waals surface area contributed by atoms with E-state index < -0.39 is 48.5 Å². The number of nitrogens with zero attached hydrogens (tertiary/aromatic N) is 2. The summed E-state index contributed by atoms with van der Waals surface area (Å²) in [5.74, 6) is -4.00. The summed E-state index contributed by atoms with van der Waals surface area (Å²) in [5.41, 5.74) is -2.76. The Balaban J connectivity index is 1.83. The normalized spacial score (nSPS) is 29.0. The van der Waals surface area contributed by atoms with Crippen molar-refractivity contribution < 1.29 is 40.6 Å². The SMILES string of the molecule is O[C@H]1c2c(C(F)(F)F)nn([C@H]3C[C@@H](COC(F)F)C3)c2CC1(F)F. The number of hydrogen-bond donors (Lipinski definition) is 1. The molecule has 2 aliphatic carbocycles. The summed E-state index contributed by atoms with van der Waals surface area (Å²) in [6.07, 6.45) is -8.18. The molecule has 1 aromatic rings. The van der Waals surface area contributed by atoms with Crippen LogP contribution in [0.1, 0.15) is 41.9 Å². The maximum absolute atomic E-state index is 13.6. The lowest BCUT2D eigenvalue weighted by molar-refractivity contribution is -0.150. The van der Waals surface area contributed by atoms with Gasteiger partial charge in [0, 0.05) is 5.56 Å². The van der Waals surface area contributed by atoms with E-state index in [0.29, 0.717) is 0 Å². The van der Waals surface area contributed by atoms with Gasteiger partial charge in [-0.25, -0.2) is 8.78 Å². The van der Waals surface area contributed by atoms with E-state index >= 15 is 0 Å². The fraction of sp³-hybridized carbons (Fsp3) is 0.769. The number of rotatable bonds is 4. The third kappa shape index (κ3) is 2.87. The van der Waals surface area contributed by atoms with Crippen molar-refractivity contribution in [3.63, 3.8) is 0 Å². The van der Waals surface area contributed by atoms with Crippen LogP contribution in [-0.4, -0.2) is 34.0 Å². The third-order valence-electron chi connectivity index (χ3n) is 4.41. The fourth-order valence-electron chi connectivity index (χ4n) is 3.23. The van der Waals surface area contributed by atoms with Gasteiger partial charge >= 0.3 is 12.8 Å². The first kappa shape index (κ1) is 17.5. The van der Waals surface area contributed by atoms with Crippen LogP contribution in [0, 0.1) is 5.92 Å². The van der Waals surface area contributed by atoms with Gasteiger partial charge in [-0.15, -0.1) is 0 Å². The number of ether oxygens (including phenoxy) is 1. The molecule has 11 heteroatoms. The summed E-state index contributed by atoms with van der Waals surface area (Å²) in [4.78, 5) is 0. The average Bonchev–Trinajstić information content (AvgIpc) is 2.84. The van der Waals surface area contributed by atoms with Crippen LogP contribution in [0.3, 0.4) is 0 Å². The molecule has 1 N–H and O–H groups in total. The number of hydrogen-bond acceptors (Lipinski definition) is 3. The zero-order valence-electron chi connectivity index (χ0n) is 12.0. The Labute approximate surface area is 131 Å². The van der Waals surface area contributed by atoms with Crippen LogP contribution in [0.2, 0.25) is 0 Å². The molecule has 0 bridgehead atoms. The van der Waals surface area contributed by atoms with E-state index in [9.17, 15) is 35.8 Å². The number of aliphatic hydroxyl groups is 1. The summed E-state index contributed by atoms with van der Waals surface area (Å²) in [6, 6.07) is -0.609. The molecule has 4 nitrogen and oxygen atoms in total. The molecule has 1 aromatic heterocycles. The number of fused-ring (bicyclic) bond motifs is 1. The summed E-state index contributed by atoms with van der Waals surface area (Å²) in [6.45, 7) is -3.20. The molecular formula is C13H13F7N2O2. The Morgan fingerprint density at radius 2 is 1.92 bits per heavy atom. The van der Waals surface area contributed by atoms with Gasteiger partial charge in [-0.05, 0) is 18.8 Å². The molecule has 136 valence electrons. The fourth-order valence-corrected chi connectivity index (χ4v) is 3.23. The highest BCUT2D eigenvalue weighted by Crippen LogP contribution is 2.50. The largest absolute Gasteiger partial charge is 0.435 e. The predicted molar refractivity (Wildman–Crippen MR) is 64.6 cm³/mol. The molecule has 1 fully saturated rings. The Kier molecular flexibility index (Phi) is 4.06. The molecule has 24 heavy (non-hydrogen) atoms. The van der Waals surface area contributed by atoms with E-state index in [2.05, 4.69) is 9.84 Å². The van der Waals surface area contributed by atoms with Gasteiger partial charge in [0.05, 0.1) is 24.8 Å². The van der Waals surface area contributed by atoms with Crippen molar-refractivity contribution in [1.82, 2.24) is 9.78 Å². The van der Waals surface area contributed by atoms with Crippen molar-refractivity contribution in [3.05, 3.63) is 17.0 Å². The van der Waals surface area contributed by atoms with Crippen LogP contribution in [-0.2, 0) is 17.3 Å². The van der Waals surface area contributed by atoms with E-state index in [4.69, 9.17) is 0 Å². The monoisotopic (exact) mass is 362 g/mol. The molecule has 0 saturated heterocycles. The van der Waals surface area contributed by atoms with Gasteiger partial charge in [-0.2, -0.15) is 27.1 Å². The van der Waals surface area contributed by atoms with Crippen LogP contribution in [0.4, 0.5) is 30.7 Å². The molecule has 0 aromatic carbocycles. The quantitative estimate of drug-likeness (QED) is 0.836. The average molecular weight is 362 g/mol. The van der Waals surface area contributed by atoms with Crippen LogP contribution >= 0.6 is 0 Å². The minimum absolute atomic E-state index is 0.194. The van der Waals surface area contributed by atoms with Gasteiger partial charge < -0.3 is 9.84 Å². The molecular weight excluding hydrogens is 349 g/mol. The predicted octanol–water partition coefficient (Wildman–Crippen LogP) is 3.32. The molecule has 0 aliphatic heterocycles. The minimum Gasteiger partial charge on any atom is -0.382 e. The van der Waals surface area contributed by atoms with Crippen LogP contribution in [0.25, 0.3) is 0 Å². The third-order valence-corrected chi connectivity index (χ3v) is 4.41. The molecule has 1 heterocycles. The smallest absolute Gasteiger partial charge is 0.382 e. The maximum Gasteiger partial charge on any atom is 0.435 e. The standard InChI is InChI=1S/C13H13F7N2O2/c14-11(15)24-4-5-1-6(2-5)22-7-3-12(16,17)10(23)8(7)9(21-22)13(18,19)20/h5-6,10-11,23H,1-4H2/t5-,6+,10-/m0/s1. The van der Waals surface area contributed by atoms with Crippen molar-refractivity contribution in [1.29, 1.82) is 0 Å². The lowest BCUT2D eigenvalue weighted by Crippen LogP contribution is -2.33. The Bertz CT molecular complexity index is 623. The molecule has 2 aliphatic rings. The van der Waals surface area contributed by atoms with Gasteiger partial charge in [-0.3, -0.25) is 4.68 Å². The van der Waals surface area contributed by atoms with Crippen LogP contribution in [0.5, 0.6) is 0 Å². The zero-order valence-corrected chi connectivity index (χ0v) is 12.0. The first-order chi connectivity index (χ1) is 11.0. The zero-order chi connectivity index (χ0) is 17.9. The second kappa shape index (κ2) is 5.58. The van der Waals surface area contributed by atoms with Gasteiger partial charge in [0.15, 0.2) is 5.69 Å². The number of halogens is 7. The molecule has 1 saturated carbocycles. The molecule has 0 spiro atoms. The van der Waals surface area contributed by atoms with Crippen molar-refractivity contribution in [2.45, 2.75) is 50.1 Å². The highest BCUT2D eigenvalue weighted by molar-refractivity contribution is 5.38. The maximum atomic E-state index is 13.6. The van der Waals surface area contributed by atoms with Gasteiger partial charge in [-0.1, -0.05) is 0 Å². The second-order valence-electron chi connectivity index (χ2n) is 6.08. The van der Waals surface area contributed by atoms with Crippen molar-refractivity contribution in [3.8, 4) is 0 Å². The van der Waals surface area contributed by atoms with Gasteiger partial charge in [0.25, 0.3) is 5.92 Å². The van der Waals surface area contributed by atoms with E-state index in [1.807, 2.05) is 0 Å². The molecule has 1 atom stereocenters. The highest BCUT2D eigenvalue weighted by atomic mass is 19.4. The number of alkyl halides is 7. The number of aromatic nitrogens is 2. The van der Waals surface area contributed by atoms with Crippen LogP contribution < -0.4 is 0 Å². The highest BCUT2D eigenvalue weighted by Gasteiger charge is 2.55. The van der Waals surface area contributed by atoms with E-state index in [1.54, 1.807) is 0 Å². The summed E-state index contributed by atoms with van der Waals surface area (Å²) in [7, 11) is 0. The van der Waals surface area contributed by atoms with Crippen molar-refractivity contribution >= 4 is 0 Å². The Hall–Kier alpha value is -1.36. The molecule has 0 unspecified atom stereocenters. The molecule has 3 rings (SSSR count). The molecule has 0 amide bonds. The topological polar surface area (TPSA) is 47.3 Å². The lowest BCUT2D eigenvalue weighted by atomic mass is 9.81. The minimum atomic E-state index is -4.97. The lowest BCUT2D eigenvalue weighted by Gasteiger charge is -2.36. The van der Waals surface area contributed by atoms with E-state index in [1.165, 1.54) is 0 Å². The Morgan fingerprint density at radius 3 is 2.46 bits per heavy atom. The first-order valence-corrected chi connectivity index (χ1v) is 7.15. The van der Waals surface area contributed by atoms with Crippen molar-refractivity contribution in [2.75, 3.05) is 6.61 Å².